The lowest BCUT2D eigenvalue weighted by molar-refractivity contribution is 0.0689. The minimum Gasteiger partial charge on any atom is -0.476 e. The Morgan fingerprint density at radius 2 is 1.81 bits per heavy atom. The maximum atomic E-state index is 13.3. The summed E-state index contributed by atoms with van der Waals surface area (Å²) in [6.45, 7) is 10.2. The van der Waals surface area contributed by atoms with Gasteiger partial charge in [-0.2, -0.15) is 5.06 Å². The minimum absolute atomic E-state index is 0.0881. The van der Waals surface area contributed by atoms with Crippen molar-refractivity contribution in [1.82, 2.24) is 15.0 Å². The number of benzene rings is 2. The molecule has 3 aromatic rings. The molecule has 0 aliphatic heterocycles. The van der Waals surface area contributed by atoms with Gasteiger partial charge in [-0.1, -0.05) is 38.1 Å². The molecular formula is C23H26N4O4. The van der Waals surface area contributed by atoms with Crippen molar-refractivity contribution in [1.29, 1.82) is 0 Å². The zero-order valence-electron chi connectivity index (χ0n) is 18.5. The molecule has 0 aliphatic rings. The second-order valence-electron chi connectivity index (χ2n) is 8.44. The Bertz CT molecular complexity index is 1140. The van der Waals surface area contributed by atoms with Crippen molar-refractivity contribution in [2.75, 3.05) is 12.2 Å². The Kier molecular flexibility index (Phi) is 5.94. The molecule has 3 rings (SSSR count). The van der Waals surface area contributed by atoms with Crippen LogP contribution >= 0.6 is 0 Å². The van der Waals surface area contributed by atoms with Gasteiger partial charge in [0.05, 0.1) is 24.7 Å². The molecule has 1 N–H and O–H groups in total. The SMILES string of the molecule is CON(C(=O)c1ccc(C)c(-n2cc(C(=O)O)nn2)c1)c1cc(C)cc(C(C)(C)C)c1. The van der Waals surface area contributed by atoms with Crippen LogP contribution in [0.2, 0.25) is 0 Å². The van der Waals surface area contributed by atoms with Crippen LogP contribution in [0, 0.1) is 13.8 Å². The Hall–Kier alpha value is -3.52. The van der Waals surface area contributed by atoms with Crippen LogP contribution in [-0.4, -0.2) is 39.1 Å². The summed E-state index contributed by atoms with van der Waals surface area (Å²) in [6, 6.07) is 11.0. The van der Waals surface area contributed by atoms with Crippen LogP contribution in [0.5, 0.6) is 0 Å². The van der Waals surface area contributed by atoms with Crippen molar-refractivity contribution in [2.45, 2.75) is 40.0 Å². The summed E-state index contributed by atoms with van der Waals surface area (Å²) in [4.78, 5) is 29.9. The van der Waals surface area contributed by atoms with Gasteiger partial charge in [-0.15, -0.1) is 5.10 Å². The summed E-state index contributed by atoms with van der Waals surface area (Å²) in [5, 5.41) is 17.9. The van der Waals surface area contributed by atoms with Gasteiger partial charge >= 0.3 is 5.97 Å². The molecule has 0 saturated carbocycles. The van der Waals surface area contributed by atoms with Gasteiger partial charge in [0.15, 0.2) is 5.69 Å². The van der Waals surface area contributed by atoms with Crippen LogP contribution in [0.15, 0.2) is 42.6 Å². The lowest BCUT2D eigenvalue weighted by atomic mass is 9.86. The summed E-state index contributed by atoms with van der Waals surface area (Å²) in [5.41, 5.74) is 4.21. The molecule has 1 amide bonds. The number of hydrogen-bond donors (Lipinski definition) is 1. The van der Waals surface area contributed by atoms with E-state index in [1.54, 1.807) is 18.2 Å². The topological polar surface area (TPSA) is 97.5 Å². The molecule has 0 unspecified atom stereocenters. The van der Waals surface area contributed by atoms with E-state index in [0.29, 0.717) is 16.9 Å². The predicted octanol–water partition coefficient (Wildman–Crippen LogP) is 4.09. The third kappa shape index (κ3) is 4.64. The predicted molar refractivity (Wildman–Crippen MR) is 117 cm³/mol. The van der Waals surface area contributed by atoms with Gasteiger partial charge < -0.3 is 5.11 Å². The number of hydrogen-bond acceptors (Lipinski definition) is 5. The number of amides is 1. The van der Waals surface area contributed by atoms with E-state index in [9.17, 15) is 9.59 Å². The zero-order valence-corrected chi connectivity index (χ0v) is 18.5. The number of aromatic nitrogens is 3. The molecule has 8 nitrogen and oxygen atoms in total. The van der Waals surface area contributed by atoms with E-state index in [0.717, 1.165) is 16.7 Å². The third-order valence-corrected chi connectivity index (χ3v) is 4.95. The van der Waals surface area contributed by atoms with Crippen LogP contribution in [0.25, 0.3) is 5.69 Å². The smallest absolute Gasteiger partial charge is 0.358 e. The van der Waals surface area contributed by atoms with E-state index >= 15 is 0 Å². The molecule has 0 fully saturated rings. The number of rotatable bonds is 5. The molecule has 2 aromatic carbocycles. The number of anilines is 1. The Morgan fingerprint density at radius 1 is 1.10 bits per heavy atom. The molecule has 0 bridgehead atoms. The van der Waals surface area contributed by atoms with Crippen molar-refractivity contribution in [3.05, 3.63) is 70.5 Å². The summed E-state index contributed by atoms with van der Waals surface area (Å²) in [6.07, 6.45) is 1.31. The van der Waals surface area contributed by atoms with E-state index in [1.165, 1.54) is 23.1 Å². The standard InChI is InChI=1S/C23H26N4O4/c1-14-9-17(23(3,4)5)12-18(10-14)27(31-6)21(28)16-8-7-15(2)20(11-16)26-13-19(22(29)30)24-25-26/h7-13H,1-6H3,(H,29,30). The van der Waals surface area contributed by atoms with Gasteiger partial charge in [0.1, 0.15) is 0 Å². The lowest BCUT2D eigenvalue weighted by Gasteiger charge is -2.25. The summed E-state index contributed by atoms with van der Waals surface area (Å²) in [7, 11) is 1.45. The normalized spacial score (nSPS) is 11.4. The first-order valence-corrected chi connectivity index (χ1v) is 9.78. The largest absolute Gasteiger partial charge is 0.476 e. The number of hydroxylamine groups is 1. The molecule has 8 heteroatoms. The number of nitrogens with zero attached hydrogens (tertiary/aromatic N) is 4. The lowest BCUT2D eigenvalue weighted by Crippen LogP contribution is -2.30. The van der Waals surface area contributed by atoms with Gasteiger partial charge in [0, 0.05) is 5.56 Å². The monoisotopic (exact) mass is 422 g/mol. The molecule has 31 heavy (non-hydrogen) atoms. The van der Waals surface area contributed by atoms with Crippen molar-refractivity contribution in [3.63, 3.8) is 0 Å². The summed E-state index contributed by atoms with van der Waals surface area (Å²) < 4.78 is 1.34. The number of carboxylic acids is 1. The van der Waals surface area contributed by atoms with Crippen molar-refractivity contribution in [2.24, 2.45) is 0 Å². The fourth-order valence-corrected chi connectivity index (χ4v) is 3.20. The molecule has 1 aromatic heterocycles. The quantitative estimate of drug-likeness (QED) is 0.622. The highest BCUT2D eigenvalue weighted by molar-refractivity contribution is 6.05. The molecule has 0 aliphatic carbocycles. The van der Waals surface area contributed by atoms with Crippen LogP contribution in [0.1, 0.15) is 58.3 Å². The van der Waals surface area contributed by atoms with Crippen molar-refractivity contribution in [3.8, 4) is 5.69 Å². The number of carbonyl (C=O) groups excluding carboxylic acids is 1. The van der Waals surface area contributed by atoms with E-state index in [-0.39, 0.29) is 17.0 Å². The van der Waals surface area contributed by atoms with Gasteiger partial charge in [-0.25, -0.2) is 9.48 Å². The minimum atomic E-state index is -1.17. The van der Waals surface area contributed by atoms with Gasteiger partial charge in [-0.05, 0) is 60.2 Å². The number of aromatic carboxylic acids is 1. The molecule has 0 radical (unpaired) electrons. The molecule has 0 saturated heterocycles. The molecule has 1 heterocycles. The Balaban J connectivity index is 2.01. The highest BCUT2D eigenvalue weighted by Gasteiger charge is 2.23. The molecule has 0 atom stereocenters. The number of carbonyl (C=O) groups is 2. The molecule has 162 valence electrons. The van der Waals surface area contributed by atoms with Crippen LogP contribution < -0.4 is 5.06 Å². The summed E-state index contributed by atoms with van der Waals surface area (Å²) >= 11 is 0. The van der Waals surface area contributed by atoms with E-state index in [2.05, 4.69) is 37.1 Å². The second kappa shape index (κ2) is 8.31. The van der Waals surface area contributed by atoms with E-state index in [1.807, 2.05) is 26.0 Å². The van der Waals surface area contributed by atoms with Crippen molar-refractivity contribution >= 4 is 17.6 Å². The van der Waals surface area contributed by atoms with Gasteiger partial charge in [0.2, 0.25) is 0 Å². The third-order valence-electron chi connectivity index (χ3n) is 4.95. The highest BCUT2D eigenvalue weighted by atomic mass is 16.7. The van der Waals surface area contributed by atoms with Gasteiger partial charge in [-0.3, -0.25) is 9.63 Å². The Labute approximate surface area is 181 Å². The van der Waals surface area contributed by atoms with Crippen molar-refractivity contribution < 1.29 is 19.5 Å². The maximum Gasteiger partial charge on any atom is 0.358 e. The molecule has 0 spiro atoms. The fraction of sp³-hybridized carbons (Fsp3) is 0.304. The maximum absolute atomic E-state index is 13.3. The zero-order chi connectivity index (χ0) is 22.9. The van der Waals surface area contributed by atoms with Crippen LogP contribution in [0.3, 0.4) is 0 Å². The average molecular weight is 422 g/mol. The van der Waals surface area contributed by atoms with E-state index < -0.39 is 5.97 Å². The summed E-state index contributed by atoms with van der Waals surface area (Å²) in [5.74, 6) is -1.52. The number of carboxylic acid groups (broad SMARTS) is 1. The fourth-order valence-electron chi connectivity index (χ4n) is 3.20. The van der Waals surface area contributed by atoms with Crippen LogP contribution in [-0.2, 0) is 10.3 Å². The highest BCUT2D eigenvalue weighted by Crippen LogP contribution is 2.29. The second-order valence-corrected chi connectivity index (χ2v) is 8.44. The first kappa shape index (κ1) is 22.2. The number of aryl methyl sites for hydroxylation is 2. The van der Waals surface area contributed by atoms with Crippen LogP contribution in [0.4, 0.5) is 5.69 Å². The average Bonchev–Trinajstić information content (AvgIpc) is 3.18. The first-order chi connectivity index (χ1) is 14.5. The Morgan fingerprint density at radius 3 is 2.39 bits per heavy atom. The first-order valence-electron chi connectivity index (χ1n) is 9.78. The molecular weight excluding hydrogens is 396 g/mol. The van der Waals surface area contributed by atoms with Gasteiger partial charge in [0.25, 0.3) is 5.91 Å². The van der Waals surface area contributed by atoms with E-state index in [4.69, 9.17) is 9.94 Å².